The number of thioether (sulfide) groups is 1. The van der Waals surface area contributed by atoms with Gasteiger partial charge in [-0.05, 0) is 14.0 Å². The highest BCUT2D eigenvalue weighted by Gasteiger charge is 2.53. The Morgan fingerprint density at radius 3 is 2.65 bits per heavy atom. The van der Waals surface area contributed by atoms with Gasteiger partial charge in [0.15, 0.2) is 5.78 Å². The number of rotatable bonds is 2. The maximum absolute atomic E-state index is 12.1. The number of piperidine rings is 1. The fourth-order valence-electron chi connectivity index (χ4n) is 2.35. The molecule has 0 radical (unpaired) electrons. The molecule has 3 N–H and O–H groups in total. The minimum atomic E-state index is -1.13. The summed E-state index contributed by atoms with van der Waals surface area (Å²) in [6.07, 6.45) is -2.16. The molecule has 0 spiro atoms. The zero-order valence-corrected chi connectivity index (χ0v) is 10.5. The third-order valence-electron chi connectivity index (χ3n) is 3.32. The summed E-state index contributed by atoms with van der Waals surface area (Å²) in [7, 11) is 1.55. The van der Waals surface area contributed by atoms with Crippen LogP contribution in [0.2, 0.25) is 0 Å². The predicted octanol–water partition coefficient (Wildman–Crippen LogP) is -1.83. The molecule has 2 rings (SSSR count). The first-order valence-corrected chi connectivity index (χ1v) is 6.51. The van der Waals surface area contributed by atoms with E-state index in [1.165, 1.54) is 23.6 Å². The number of amides is 1. The minimum Gasteiger partial charge on any atom is -0.388 e. The van der Waals surface area contributed by atoms with Gasteiger partial charge >= 0.3 is 0 Å². The Kier molecular flexibility index (Phi) is 3.44. The van der Waals surface area contributed by atoms with Crippen molar-refractivity contribution in [1.29, 1.82) is 0 Å². The van der Waals surface area contributed by atoms with Crippen molar-refractivity contribution in [3.8, 4) is 0 Å². The molecule has 0 bridgehead atoms. The van der Waals surface area contributed by atoms with Gasteiger partial charge in [0, 0.05) is 5.75 Å². The van der Waals surface area contributed by atoms with Crippen LogP contribution in [0.5, 0.6) is 0 Å². The standard InChI is InChI=1S/C10H16N2O4S/c1-4(13)5-3-17-10-8(15)7(14)6(11-2)9(16)12(5)10/h5-8,10-11,14-15H,3H2,1-2H3/t5-,6-,7-,8-,10-/m0/s1. The van der Waals surface area contributed by atoms with Gasteiger partial charge in [0.25, 0.3) is 0 Å². The number of hydrogen-bond donors (Lipinski definition) is 3. The van der Waals surface area contributed by atoms with Crippen LogP contribution in [0, 0.1) is 0 Å². The molecule has 0 aromatic carbocycles. The summed E-state index contributed by atoms with van der Waals surface area (Å²) < 4.78 is 0. The van der Waals surface area contributed by atoms with Gasteiger partial charge in [0.05, 0.1) is 0 Å². The van der Waals surface area contributed by atoms with Crippen LogP contribution >= 0.6 is 11.8 Å². The molecule has 2 heterocycles. The van der Waals surface area contributed by atoms with Gasteiger partial charge in [0.2, 0.25) is 5.91 Å². The van der Waals surface area contributed by atoms with E-state index in [1.54, 1.807) is 7.05 Å². The summed E-state index contributed by atoms with van der Waals surface area (Å²) in [5.41, 5.74) is 0. The van der Waals surface area contributed by atoms with E-state index < -0.39 is 29.7 Å². The molecule has 0 aromatic rings. The number of ketones is 1. The molecule has 7 heteroatoms. The van der Waals surface area contributed by atoms with Gasteiger partial charge < -0.3 is 20.4 Å². The van der Waals surface area contributed by atoms with E-state index in [0.717, 1.165) is 0 Å². The number of aliphatic hydroxyl groups excluding tert-OH is 2. The van der Waals surface area contributed by atoms with Crippen LogP contribution in [0.3, 0.4) is 0 Å². The van der Waals surface area contributed by atoms with Crippen molar-refractivity contribution < 1.29 is 19.8 Å². The molecule has 0 saturated carbocycles. The van der Waals surface area contributed by atoms with Crippen LogP contribution in [0.4, 0.5) is 0 Å². The summed E-state index contributed by atoms with van der Waals surface area (Å²) in [6.45, 7) is 1.44. The predicted molar refractivity (Wildman–Crippen MR) is 62.4 cm³/mol. The first-order valence-electron chi connectivity index (χ1n) is 5.46. The molecule has 0 aliphatic carbocycles. The summed E-state index contributed by atoms with van der Waals surface area (Å²) in [5.74, 6) is 0.0682. The number of likely N-dealkylation sites (N-methyl/N-ethyl adjacent to an activating group) is 1. The van der Waals surface area contributed by atoms with Crippen molar-refractivity contribution in [3.05, 3.63) is 0 Å². The average molecular weight is 260 g/mol. The molecule has 2 aliphatic rings. The number of fused-ring (bicyclic) bond motifs is 1. The maximum Gasteiger partial charge on any atom is 0.244 e. The van der Waals surface area contributed by atoms with Gasteiger partial charge in [-0.2, -0.15) is 0 Å². The Balaban J connectivity index is 2.30. The second-order valence-corrected chi connectivity index (χ2v) is 5.49. The zero-order chi connectivity index (χ0) is 12.7. The first-order chi connectivity index (χ1) is 7.99. The quantitative estimate of drug-likeness (QED) is 0.541. The van der Waals surface area contributed by atoms with Gasteiger partial charge in [-0.25, -0.2) is 0 Å². The highest BCUT2D eigenvalue weighted by molar-refractivity contribution is 8.00. The fraction of sp³-hybridized carbons (Fsp3) is 0.800. The highest BCUT2D eigenvalue weighted by atomic mass is 32.2. The lowest BCUT2D eigenvalue weighted by Crippen LogP contribution is -2.67. The Morgan fingerprint density at radius 2 is 2.12 bits per heavy atom. The van der Waals surface area contributed by atoms with E-state index >= 15 is 0 Å². The smallest absolute Gasteiger partial charge is 0.244 e. The lowest BCUT2D eigenvalue weighted by molar-refractivity contribution is -0.156. The number of carbonyl (C=O) groups excluding carboxylic acids is 2. The van der Waals surface area contributed by atoms with Crippen LogP contribution < -0.4 is 5.32 Å². The molecular weight excluding hydrogens is 244 g/mol. The molecule has 96 valence electrons. The van der Waals surface area contributed by atoms with Crippen molar-refractivity contribution in [1.82, 2.24) is 10.2 Å². The number of nitrogens with zero attached hydrogens (tertiary/aromatic N) is 1. The zero-order valence-electron chi connectivity index (χ0n) is 9.66. The van der Waals surface area contributed by atoms with Crippen LogP contribution in [-0.4, -0.2) is 69.3 Å². The van der Waals surface area contributed by atoms with Crippen molar-refractivity contribution in [2.75, 3.05) is 12.8 Å². The number of hydrogen-bond acceptors (Lipinski definition) is 6. The number of aliphatic hydroxyl groups is 2. The van der Waals surface area contributed by atoms with Crippen LogP contribution in [-0.2, 0) is 9.59 Å². The van der Waals surface area contributed by atoms with Crippen molar-refractivity contribution in [2.24, 2.45) is 0 Å². The molecule has 5 atom stereocenters. The Morgan fingerprint density at radius 1 is 1.47 bits per heavy atom. The Bertz CT molecular complexity index is 351. The largest absolute Gasteiger partial charge is 0.388 e. The molecule has 17 heavy (non-hydrogen) atoms. The third kappa shape index (κ3) is 1.87. The average Bonchev–Trinajstić information content (AvgIpc) is 2.71. The second-order valence-electron chi connectivity index (χ2n) is 4.34. The normalized spacial score (nSPS) is 41.5. The molecule has 0 unspecified atom stereocenters. The molecular formula is C10H16N2O4S. The number of carbonyl (C=O) groups is 2. The number of nitrogens with one attached hydrogen (secondary N) is 1. The number of Topliss-reactive ketones (excluding diaryl/α,β-unsaturated/α-hetero) is 1. The van der Waals surface area contributed by atoms with Crippen LogP contribution in [0.1, 0.15) is 6.92 Å². The SMILES string of the molecule is CN[C@@H]1C(=O)N2[C@H](C(C)=O)CS[C@H]2[C@@H](O)[C@H]1O. The summed E-state index contributed by atoms with van der Waals surface area (Å²) >= 11 is 1.34. The Labute approximate surface area is 103 Å². The van der Waals surface area contributed by atoms with Gasteiger partial charge in [-0.1, -0.05) is 0 Å². The van der Waals surface area contributed by atoms with E-state index in [-0.39, 0.29) is 11.7 Å². The molecule has 0 aromatic heterocycles. The summed E-state index contributed by atoms with van der Waals surface area (Å²) in [5, 5.41) is 21.9. The highest BCUT2D eigenvalue weighted by Crippen LogP contribution is 2.37. The lowest BCUT2D eigenvalue weighted by atomic mass is 9.96. The van der Waals surface area contributed by atoms with Crippen LogP contribution in [0.25, 0.3) is 0 Å². The monoisotopic (exact) mass is 260 g/mol. The van der Waals surface area contributed by atoms with E-state index in [9.17, 15) is 19.8 Å². The van der Waals surface area contributed by atoms with Crippen molar-refractivity contribution in [3.63, 3.8) is 0 Å². The van der Waals surface area contributed by atoms with Crippen molar-refractivity contribution in [2.45, 2.75) is 36.6 Å². The lowest BCUT2D eigenvalue weighted by Gasteiger charge is -2.42. The van der Waals surface area contributed by atoms with Gasteiger partial charge in [0.1, 0.15) is 29.7 Å². The summed E-state index contributed by atoms with van der Waals surface area (Å²) in [6, 6.07) is -1.34. The molecule has 2 fully saturated rings. The first kappa shape index (κ1) is 12.8. The maximum atomic E-state index is 12.1. The minimum absolute atomic E-state index is 0.0909. The molecule has 2 aliphatic heterocycles. The third-order valence-corrected chi connectivity index (χ3v) is 4.67. The van der Waals surface area contributed by atoms with Gasteiger partial charge in [-0.15, -0.1) is 11.8 Å². The Hall–Kier alpha value is -0.630. The topological polar surface area (TPSA) is 89.9 Å². The molecule has 1 amide bonds. The molecule has 6 nitrogen and oxygen atoms in total. The fourth-order valence-corrected chi connectivity index (χ4v) is 3.89. The van der Waals surface area contributed by atoms with Crippen molar-refractivity contribution >= 4 is 23.5 Å². The molecule has 2 saturated heterocycles. The second kappa shape index (κ2) is 4.56. The van der Waals surface area contributed by atoms with E-state index in [0.29, 0.717) is 5.75 Å². The van der Waals surface area contributed by atoms with E-state index in [2.05, 4.69) is 5.32 Å². The van der Waals surface area contributed by atoms with E-state index in [1.807, 2.05) is 0 Å². The summed E-state index contributed by atoms with van der Waals surface area (Å²) in [4.78, 5) is 25.0. The van der Waals surface area contributed by atoms with Crippen LogP contribution in [0.15, 0.2) is 0 Å². The van der Waals surface area contributed by atoms with Gasteiger partial charge in [-0.3, -0.25) is 9.59 Å². The van der Waals surface area contributed by atoms with E-state index in [4.69, 9.17) is 0 Å².